The summed E-state index contributed by atoms with van der Waals surface area (Å²) in [6.07, 6.45) is 3.16. The van der Waals surface area contributed by atoms with Gasteiger partial charge in [0.2, 0.25) is 10.0 Å². The van der Waals surface area contributed by atoms with Gasteiger partial charge in [-0.15, -0.1) is 0 Å². The number of anilines is 2. The van der Waals surface area contributed by atoms with Gasteiger partial charge in [0.05, 0.1) is 28.4 Å². The number of carbonyl (C=O) groups excluding carboxylic acids is 1. The molecule has 0 aliphatic heterocycles. The van der Waals surface area contributed by atoms with Crippen LogP contribution in [-0.4, -0.2) is 29.3 Å². The lowest BCUT2D eigenvalue weighted by Gasteiger charge is -2.16. The third-order valence-electron chi connectivity index (χ3n) is 3.27. The van der Waals surface area contributed by atoms with Gasteiger partial charge in [0.15, 0.2) is 11.8 Å². The summed E-state index contributed by atoms with van der Waals surface area (Å²) in [4.78, 5) is 11.8. The van der Waals surface area contributed by atoms with E-state index in [-0.39, 0.29) is 22.7 Å². The van der Waals surface area contributed by atoms with Crippen LogP contribution in [0.4, 0.5) is 11.4 Å². The van der Waals surface area contributed by atoms with Crippen molar-refractivity contribution in [3.05, 3.63) is 36.7 Å². The quantitative estimate of drug-likeness (QED) is 0.503. The fourth-order valence-electron chi connectivity index (χ4n) is 1.86. The van der Waals surface area contributed by atoms with Crippen LogP contribution in [0.1, 0.15) is 20.8 Å². The summed E-state index contributed by atoms with van der Waals surface area (Å²) in [6.45, 7) is 5.30. The maximum atomic E-state index is 11.8. The monoisotopic (exact) mass is 411 g/mol. The highest BCUT2D eigenvalue weighted by molar-refractivity contribution is 7.89. The summed E-state index contributed by atoms with van der Waals surface area (Å²) < 4.78 is 29.1. The molecule has 0 fully saturated rings. The number of ether oxygens (including phenoxy) is 1. The molecule has 0 aliphatic carbocycles. The van der Waals surface area contributed by atoms with Crippen molar-refractivity contribution in [2.75, 3.05) is 10.6 Å². The molecule has 0 aliphatic rings. The Morgan fingerprint density at radius 3 is 2.37 bits per heavy atom. The zero-order valence-corrected chi connectivity index (χ0v) is 16.7. The Morgan fingerprint density at radius 2 is 1.81 bits per heavy atom. The Kier molecular flexibility index (Phi) is 6.19. The molecule has 0 bridgehead atoms. The Labute approximate surface area is 162 Å². The highest BCUT2D eigenvalue weighted by atomic mass is 32.2. The van der Waals surface area contributed by atoms with Crippen molar-refractivity contribution >= 4 is 44.7 Å². The van der Waals surface area contributed by atoms with Gasteiger partial charge < -0.3 is 15.4 Å². The van der Waals surface area contributed by atoms with Crippen molar-refractivity contribution < 1.29 is 17.9 Å². The molecule has 0 atom stereocenters. The molecular formula is C16H21N5O4S2. The normalized spacial score (nSPS) is 11.7. The first-order valence-corrected chi connectivity index (χ1v) is 9.81. The molecular weight excluding hydrogens is 390 g/mol. The summed E-state index contributed by atoms with van der Waals surface area (Å²) in [5.74, 6) is -0.326. The van der Waals surface area contributed by atoms with Crippen molar-refractivity contribution in [1.29, 1.82) is 0 Å². The van der Waals surface area contributed by atoms with E-state index in [0.717, 1.165) is 0 Å². The predicted molar refractivity (Wildman–Crippen MR) is 105 cm³/mol. The second-order valence-electron chi connectivity index (χ2n) is 6.73. The van der Waals surface area contributed by atoms with Gasteiger partial charge in [-0.3, -0.25) is 4.79 Å². The fraction of sp³-hybridized carbons (Fsp3) is 0.312. The molecule has 1 aromatic carbocycles. The van der Waals surface area contributed by atoms with Crippen LogP contribution in [-0.2, 0) is 26.3 Å². The number of esters is 1. The van der Waals surface area contributed by atoms with E-state index in [1.54, 1.807) is 39.1 Å². The van der Waals surface area contributed by atoms with Gasteiger partial charge in [-0.25, -0.2) is 18.2 Å². The molecule has 9 nitrogen and oxygen atoms in total. The summed E-state index contributed by atoms with van der Waals surface area (Å²) in [7, 11) is -3.74. The van der Waals surface area contributed by atoms with E-state index < -0.39 is 15.4 Å². The Balaban J connectivity index is 1.89. The van der Waals surface area contributed by atoms with Crippen molar-refractivity contribution in [1.82, 2.24) is 9.78 Å². The zero-order valence-electron chi connectivity index (χ0n) is 15.1. The van der Waals surface area contributed by atoms with Crippen LogP contribution in [0.5, 0.6) is 0 Å². The molecule has 2 aromatic rings. The predicted octanol–water partition coefficient (Wildman–Crippen LogP) is 1.89. The van der Waals surface area contributed by atoms with Gasteiger partial charge in [0.25, 0.3) is 0 Å². The number of nitrogens with two attached hydrogens (primary N) is 1. The average Bonchev–Trinajstić information content (AvgIpc) is 2.98. The molecule has 1 aromatic heterocycles. The number of aromatic nitrogens is 2. The summed E-state index contributed by atoms with van der Waals surface area (Å²) in [5, 5.41) is 15.3. The minimum absolute atomic E-state index is 0.00695. The first kappa shape index (κ1) is 20.8. The first-order chi connectivity index (χ1) is 12.4. The summed E-state index contributed by atoms with van der Waals surface area (Å²) >= 11 is 5.20. The van der Waals surface area contributed by atoms with E-state index in [4.69, 9.17) is 22.1 Å². The Hall–Kier alpha value is -2.50. The van der Waals surface area contributed by atoms with Gasteiger partial charge in [0, 0.05) is 5.69 Å². The average molecular weight is 412 g/mol. The molecule has 146 valence electrons. The zero-order chi connectivity index (χ0) is 20.2. The number of nitrogens with one attached hydrogen (secondary N) is 2. The molecule has 4 N–H and O–H groups in total. The lowest BCUT2D eigenvalue weighted by atomic mass is 9.98. The van der Waals surface area contributed by atoms with E-state index in [2.05, 4.69) is 15.7 Å². The third kappa shape index (κ3) is 6.31. The molecule has 0 unspecified atom stereocenters. The molecule has 0 radical (unpaired) electrons. The molecule has 1 heterocycles. The first-order valence-electron chi connectivity index (χ1n) is 7.86. The third-order valence-corrected chi connectivity index (χ3v) is 4.41. The molecule has 11 heteroatoms. The minimum Gasteiger partial charge on any atom is -0.442 e. The Morgan fingerprint density at radius 1 is 1.22 bits per heavy atom. The number of nitrogens with zero attached hydrogens (tertiary/aromatic N) is 2. The molecule has 0 saturated heterocycles. The van der Waals surface area contributed by atoms with Crippen molar-refractivity contribution in [2.45, 2.75) is 32.4 Å². The number of sulfonamides is 1. The van der Waals surface area contributed by atoms with Crippen molar-refractivity contribution in [3.63, 3.8) is 0 Å². The molecule has 27 heavy (non-hydrogen) atoms. The number of hydrogen-bond acceptors (Lipinski definition) is 6. The fourth-order valence-corrected chi connectivity index (χ4v) is 2.61. The SMILES string of the molecule is CC(C)(C)C(=O)OCn1cc(NC(=S)Nc2ccc(S(N)(=O)=O)cc2)cn1. The molecule has 0 saturated carbocycles. The largest absolute Gasteiger partial charge is 0.442 e. The number of rotatable bonds is 5. The van der Waals surface area contributed by atoms with E-state index in [1.807, 2.05) is 0 Å². The smallest absolute Gasteiger partial charge is 0.313 e. The number of benzene rings is 1. The van der Waals surface area contributed by atoms with Gasteiger partial charge in [0.1, 0.15) is 0 Å². The van der Waals surface area contributed by atoms with Crippen LogP contribution in [0.15, 0.2) is 41.6 Å². The maximum Gasteiger partial charge on any atom is 0.313 e. The van der Waals surface area contributed by atoms with Crippen LogP contribution in [0.25, 0.3) is 0 Å². The molecule has 2 rings (SSSR count). The highest BCUT2D eigenvalue weighted by Crippen LogP contribution is 2.16. The number of carbonyl (C=O) groups is 1. The van der Waals surface area contributed by atoms with Gasteiger partial charge in [-0.2, -0.15) is 5.10 Å². The van der Waals surface area contributed by atoms with Crippen LogP contribution >= 0.6 is 12.2 Å². The summed E-state index contributed by atoms with van der Waals surface area (Å²) in [5.41, 5.74) is 0.602. The molecule has 0 amide bonds. The van der Waals surface area contributed by atoms with Crippen LogP contribution in [0.2, 0.25) is 0 Å². The van der Waals surface area contributed by atoms with Crippen LogP contribution < -0.4 is 15.8 Å². The Bertz CT molecular complexity index is 930. The number of hydrogen-bond donors (Lipinski definition) is 3. The van der Waals surface area contributed by atoms with Crippen molar-refractivity contribution in [2.24, 2.45) is 10.6 Å². The maximum absolute atomic E-state index is 11.8. The topological polar surface area (TPSA) is 128 Å². The second-order valence-corrected chi connectivity index (χ2v) is 8.70. The van der Waals surface area contributed by atoms with E-state index in [9.17, 15) is 13.2 Å². The summed E-state index contributed by atoms with van der Waals surface area (Å²) in [6, 6.07) is 5.84. The van der Waals surface area contributed by atoms with E-state index in [0.29, 0.717) is 11.4 Å². The van der Waals surface area contributed by atoms with Gasteiger partial charge in [-0.1, -0.05) is 0 Å². The lowest BCUT2D eigenvalue weighted by Crippen LogP contribution is -2.24. The molecule has 0 spiro atoms. The number of primary sulfonamides is 1. The van der Waals surface area contributed by atoms with Gasteiger partial charge in [-0.05, 0) is 57.3 Å². The van der Waals surface area contributed by atoms with E-state index >= 15 is 0 Å². The van der Waals surface area contributed by atoms with Crippen LogP contribution in [0.3, 0.4) is 0 Å². The highest BCUT2D eigenvalue weighted by Gasteiger charge is 2.23. The van der Waals surface area contributed by atoms with E-state index in [1.165, 1.54) is 23.0 Å². The number of thiocarbonyl (C=S) groups is 1. The van der Waals surface area contributed by atoms with Crippen LogP contribution in [0, 0.1) is 5.41 Å². The standard InChI is InChI=1S/C16H21N5O4S2/c1-16(2,3)14(22)25-10-21-9-12(8-18-21)20-15(26)19-11-4-6-13(7-5-11)27(17,23)24/h4-9H,10H2,1-3H3,(H2,17,23,24)(H2,19,20,26). The second kappa shape index (κ2) is 8.03. The van der Waals surface area contributed by atoms with Gasteiger partial charge >= 0.3 is 5.97 Å². The lowest BCUT2D eigenvalue weighted by molar-refractivity contribution is -0.157. The minimum atomic E-state index is -3.74. The van der Waals surface area contributed by atoms with Crippen molar-refractivity contribution in [3.8, 4) is 0 Å².